The lowest BCUT2D eigenvalue weighted by atomic mass is 9.75. The number of primary amides is 1. The number of rotatable bonds is 6. The Bertz CT molecular complexity index is 1230. The Labute approximate surface area is 211 Å². The van der Waals surface area contributed by atoms with Crippen molar-refractivity contribution in [3.63, 3.8) is 0 Å². The van der Waals surface area contributed by atoms with Crippen molar-refractivity contribution in [3.8, 4) is 5.69 Å². The van der Waals surface area contributed by atoms with Gasteiger partial charge in [-0.25, -0.2) is 4.68 Å². The van der Waals surface area contributed by atoms with Crippen LogP contribution < -0.4 is 16.8 Å². The van der Waals surface area contributed by atoms with Gasteiger partial charge in [-0.3, -0.25) is 14.4 Å². The number of aromatic nitrogens is 2. The summed E-state index contributed by atoms with van der Waals surface area (Å²) in [6.45, 7) is 3.45. The van der Waals surface area contributed by atoms with Gasteiger partial charge < -0.3 is 21.5 Å². The minimum Gasteiger partial charge on any atom is -0.461 e. The van der Waals surface area contributed by atoms with Crippen LogP contribution in [0.25, 0.3) is 5.69 Å². The Morgan fingerprint density at radius 1 is 1.19 bits per heavy atom. The maximum Gasteiger partial charge on any atom is 0.435 e. The largest absolute Gasteiger partial charge is 0.461 e. The number of alkyl halides is 3. The quantitative estimate of drug-likeness (QED) is 0.495. The highest BCUT2D eigenvalue weighted by Crippen LogP contribution is 2.42. The summed E-state index contributed by atoms with van der Waals surface area (Å²) in [5.41, 5.74) is 9.71. The number of fused-ring (bicyclic) bond motifs is 1. The predicted octanol–water partition coefficient (Wildman–Crippen LogP) is 3.37. The number of hydrogen-bond donors (Lipinski definition) is 3. The molecule has 1 amide bonds. The van der Waals surface area contributed by atoms with Crippen LogP contribution in [0.3, 0.4) is 0 Å². The normalized spacial score (nSPS) is 21.3. The molecule has 5 N–H and O–H groups in total. The summed E-state index contributed by atoms with van der Waals surface area (Å²) in [7, 11) is 0. The molecule has 0 spiro atoms. The van der Waals surface area contributed by atoms with E-state index in [-0.39, 0.29) is 48.5 Å². The summed E-state index contributed by atoms with van der Waals surface area (Å²) in [5.74, 6) is -1.76. The molecule has 1 fully saturated rings. The Kier molecular flexibility index (Phi) is 7.06. The smallest absolute Gasteiger partial charge is 0.435 e. The van der Waals surface area contributed by atoms with Crippen LogP contribution >= 0.6 is 0 Å². The summed E-state index contributed by atoms with van der Waals surface area (Å²) >= 11 is 0. The maximum atomic E-state index is 13.8. The van der Waals surface area contributed by atoms with E-state index in [2.05, 4.69) is 10.4 Å². The molecule has 1 saturated carbocycles. The van der Waals surface area contributed by atoms with Gasteiger partial charge in [0.25, 0.3) is 5.91 Å². The van der Waals surface area contributed by atoms with Crippen LogP contribution in [0.1, 0.15) is 78.1 Å². The molecule has 37 heavy (non-hydrogen) atoms. The molecule has 2 aliphatic rings. The van der Waals surface area contributed by atoms with E-state index in [0.717, 1.165) is 4.68 Å². The molecule has 0 aliphatic heterocycles. The number of amides is 1. The third-order valence-corrected chi connectivity index (χ3v) is 6.83. The molecule has 2 aliphatic carbocycles. The summed E-state index contributed by atoms with van der Waals surface area (Å²) in [4.78, 5) is 36.3. The van der Waals surface area contributed by atoms with Gasteiger partial charge in [0.15, 0.2) is 11.5 Å². The molecule has 4 rings (SSSR count). The van der Waals surface area contributed by atoms with Crippen molar-refractivity contribution in [3.05, 3.63) is 40.7 Å². The number of carbonyl (C=O) groups excluding carboxylic acids is 3. The van der Waals surface area contributed by atoms with Crippen molar-refractivity contribution in [1.29, 1.82) is 0 Å². The summed E-state index contributed by atoms with van der Waals surface area (Å²) in [5, 5.41) is 7.10. The monoisotopic (exact) mass is 521 g/mol. The molecule has 12 heteroatoms. The van der Waals surface area contributed by atoms with Crippen molar-refractivity contribution in [2.45, 2.75) is 70.7 Å². The number of halogens is 3. The fourth-order valence-electron chi connectivity index (χ4n) is 5.14. The average molecular weight is 522 g/mol. The second-order valence-corrected chi connectivity index (χ2v) is 10.4. The Morgan fingerprint density at radius 2 is 1.86 bits per heavy atom. The topological polar surface area (TPSA) is 142 Å². The number of benzene rings is 1. The van der Waals surface area contributed by atoms with Crippen molar-refractivity contribution in [1.82, 2.24) is 9.78 Å². The molecule has 1 heterocycles. The van der Waals surface area contributed by atoms with Gasteiger partial charge in [-0.05, 0) is 55.7 Å². The molecule has 1 aromatic carbocycles. The SMILES string of the molecule is CC1(C)CC(=O)c2c(C(F)(F)F)nn(-c3ccc(C(N)=O)c(NC4CCC(OC(=O)CN)CC4)c3)c2C1. The number of anilines is 1. The van der Waals surface area contributed by atoms with E-state index in [1.165, 1.54) is 18.2 Å². The number of ether oxygens (including phenoxy) is 1. The van der Waals surface area contributed by atoms with E-state index >= 15 is 0 Å². The molecule has 0 saturated heterocycles. The second kappa shape index (κ2) is 9.81. The van der Waals surface area contributed by atoms with Crippen molar-refractivity contribution in [2.24, 2.45) is 16.9 Å². The zero-order valence-corrected chi connectivity index (χ0v) is 20.7. The van der Waals surface area contributed by atoms with Gasteiger partial charge >= 0.3 is 12.1 Å². The highest BCUT2D eigenvalue weighted by molar-refractivity contribution is 6.00. The van der Waals surface area contributed by atoms with Gasteiger partial charge in [0.1, 0.15) is 6.10 Å². The van der Waals surface area contributed by atoms with Gasteiger partial charge in [-0.15, -0.1) is 0 Å². The predicted molar refractivity (Wildman–Crippen MR) is 128 cm³/mol. The lowest BCUT2D eigenvalue weighted by Gasteiger charge is -2.30. The zero-order chi connectivity index (χ0) is 27.1. The van der Waals surface area contributed by atoms with Crippen LogP contribution in [0.4, 0.5) is 18.9 Å². The fourth-order valence-corrected chi connectivity index (χ4v) is 5.14. The van der Waals surface area contributed by atoms with E-state index in [4.69, 9.17) is 16.2 Å². The van der Waals surface area contributed by atoms with Crippen LogP contribution in [-0.4, -0.2) is 46.1 Å². The summed E-state index contributed by atoms with van der Waals surface area (Å²) in [6, 6.07) is 4.35. The number of nitrogens with one attached hydrogen (secondary N) is 1. The number of esters is 1. The standard InChI is InChI=1S/C25H30F3N5O4/c1-24(2)10-18-21(19(34)11-24)22(25(26,27)28)32-33(18)14-5-8-16(23(30)36)17(9-14)31-13-3-6-15(7-4-13)37-20(35)12-29/h5,8-9,13,15,31H,3-4,6-7,10-12,29H2,1-2H3,(H2,30,36). The number of Topliss-reactive ketones (excluding diaryl/α,β-unsaturated/α-hetero) is 1. The van der Waals surface area contributed by atoms with Crippen molar-refractivity contribution in [2.75, 3.05) is 11.9 Å². The van der Waals surface area contributed by atoms with E-state index in [1.807, 2.05) is 13.8 Å². The van der Waals surface area contributed by atoms with Crippen LogP contribution in [0.15, 0.2) is 18.2 Å². The van der Waals surface area contributed by atoms with Crippen LogP contribution in [-0.2, 0) is 22.1 Å². The number of ketones is 1. The molecule has 9 nitrogen and oxygen atoms in total. The minimum absolute atomic E-state index is 0.00847. The molecule has 0 unspecified atom stereocenters. The lowest BCUT2D eigenvalue weighted by Crippen LogP contribution is -2.33. The van der Waals surface area contributed by atoms with Crippen LogP contribution in [0, 0.1) is 5.41 Å². The Morgan fingerprint density at radius 3 is 2.46 bits per heavy atom. The molecule has 0 radical (unpaired) electrons. The Balaban J connectivity index is 1.68. The molecule has 0 atom stereocenters. The van der Waals surface area contributed by atoms with Crippen LogP contribution in [0.2, 0.25) is 0 Å². The lowest BCUT2D eigenvalue weighted by molar-refractivity contribution is -0.148. The molecular weight excluding hydrogens is 491 g/mol. The van der Waals surface area contributed by atoms with Gasteiger partial charge in [0, 0.05) is 18.2 Å². The first kappa shape index (κ1) is 26.6. The minimum atomic E-state index is -4.80. The highest BCUT2D eigenvalue weighted by atomic mass is 19.4. The van der Waals surface area contributed by atoms with Crippen molar-refractivity contribution >= 4 is 23.3 Å². The van der Waals surface area contributed by atoms with E-state index in [1.54, 1.807) is 0 Å². The average Bonchev–Trinajstić information content (AvgIpc) is 3.19. The molecule has 0 bridgehead atoms. The maximum absolute atomic E-state index is 13.8. The summed E-state index contributed by atoms with van der Waals surface area (Å²) < 4.78 is 47.9. The van der Waals surface area contributed by atoms with Gasteiger partial charge in [-0.2, -0.15) is 18.3 Å². The fraction of sp³-hybridized carbons (Fsp3) is 0.520. The molecule has 200 valence electrons. The number of nitrogens with two attached hydrogens (primary N) is 2. The zero-order valence-electron chi connectivity index (χ0n) is 20.7. The van der Waals surface area contributed by atoms with E-state index < -0.39 is 40.5 Å². The van der Waals surface area contributed by atoms with Gasteiger partial charge in [0.05, 0.1) is 29.1 Å². The van der Waals surface area contributed by atoms with Gasteiger partial charge in [0.2, 0.25) is 0 Å². The number of nitrogens with zero attached hydrogens (tertiary/aromatic N) is 2. The van der Waals surface area contributed by atoms with E-state index in [9.17, 15) is 27.6 Å². The number of hydrogen-bond acceptors (Lipinski definition) is 7. The Hall–Kier alpha value is -3.41. The first-order valence-electron chi connectivity index (χ1n) is 12.1. The molecular formula is C25H30F3N5O4. The highest BCUT2D eigenvalue weighted by Gasteiger charge is 2.45. The first-order valence-corrected chi connectivity index (χ1v) is 12.1. The first-order chi connectivity index (χ1) is 17.3. The van der Waals surface area contributed by atoms with Crippen LogP contribution in [0.5, 0.6) is 0 Å². The van der Waals surface area contributed by atoms with Crippen molar-refractivity contribution < 1.29 is 32.3 Å². The summed E-state index contributed by atoms with van der Waals surface area (Å²) in [6.07, 6.45) is -2.39. The second-order valence-electron chi connectivity index (χ2n) is 10.4. The van der Waals surface area contributed by atoms with E-state index in [0.29, 0.717) is 31.4 Å². The third kappa shape index (κ3) is 5.63. The third-order valence-electron chi connectivity index (χ3n) is 6.83. The molecule has 2 aromatic rings. The number of carbonyl (C=O) groups is 3. The van der Waals surface area contributed by atoms with Gasteiger partial charge in [-0.1, -0.05) is 13.8 Å². The molecule has 1 aromatic heterocycles.